The van der Waals surface area contributed by atoms with E-state index >= 15 is 0 Å². The zero-order valence-electron chi connectivity index (χ0n) is 16.3. The van der Waals surface area contributed by atoms with Gasteiger partial charge in [0.1, 0.15) is 0 Å². The van der Waals surface area contributed by atoms with Gasteiger partial charge in [-0.2, -0.15) is 4.31 Å². The SMILES string of the molecule is Cc1ccc(-c2csc(NC(=O)c3cc(S(=O)(=O)N4CCCC4)ccc3Cl)n2)cc1. The number of anilines is 1. The summed E-state index contributed by atoms with van der Waals surface area (Å²) in [7, 11) is -3.64. The van der Waals surface area contributed by atoms with Gasteiger partial charge in [0, 0.05) is 24.0 Å². The van der Waals surface area contributed by atoms with E-state index in [2.05, 4.69) is 10.3 Å². The second-order valence-corrected chi connectivity index (χ2v) is 10.3. The normalized spacial score (nSPS) is 14.7. The van der Waals surface area contributed by atoms with E-state index in [0.717, 1.165) is 29.7 Å². The molecular formula is C21H20ClN3O3S2. The van der Waals surface area contributed by atoms with Crippen molar-refractivity contribution >= 4 is 44.0 Å². The molecule has 156 valence electrons. The number of halogens is 1. The van der Waals surface area contributed by atoms with E-state index in [1.54, 1.807) is 0 Å². The number of aryl methyl sites for hydroxylation is 1. The lowest BCUT2D eigenvalue weighted by Gasteiger charge is -2.16. The number of sulfonamides is 1. The highest BCUT2D eigenvalue weighted by Gasteiger charge is 2.28. The maximum Gasteiger partial charge on any atom is 0.259 e. The van der Waals surface area contributed by atoms with E-state index in [4.69, 9.17) is 11.6 Å². The van der Waals surface area contributed by atoms with Crippen LogP contribution in [0.25, 0.3) is 11.3 Å². The van der Waals surface area contributed by atoms with Crippen molar-refractivity contribution in [2.24, 2.45) is 0 Å². The largest absolute Gasteiger partial charge is 0.298 e. The molecule has 0 unspecified atom stereocenters. The van der Waals surface area contributed by atoms with Gasteiger partial charge >= 0.3 is 0 Å². The minimum atomic E-state index is -3.64. The first-order chi connectivity index (χ1) is 14.3. The monoisotopic (exact) mass is 461 g/mol. The number of amides is 1. The summed E-state index contributed by atoms with van der Waals surface area (Å²) in [5.74, 6) is -0.497. The highest BCUT2D eigenvalue weighted by molar-refractivity contribution is 7.89. The molecule has 1 N–H and O–H groups in total. The van der Waals surface area contributed by atoms with Gasteiger partial charge < -0.3 is 0 Å². The lowest BCUT2D eigenvalue weighted by Crippen LogP contribution is -2.28. The van der Waals surface area contributed by atoms with Gasteiger partial charge in [-0.25, -0.2) is 13.4 Å². The van der Waals surface area contributed by atoms with Crippen molar-refractivity contribution in [1.29, 1.82) is 0 Å². The fourth-order valence-corrected chi connectivity index (χ4v) is 5.73. The molecular weight excluding hydrogens is 442 g/mol. The topological polar surface area (TPSA) is 79.4 Å². The molecule has 30 heavy (non-hydrogen) atoms. The number of carbonyl (C=O) groups is 1. The van der Waals surface area contributed by atoms with Crippen LogP contribution in [0.2, 0.25) is 5.02 Å². The van der Waals surface area contributed by atoms with E-state index in [0.29, 0.717) is 18.2 Å². The molecule has 1 fully saturated rings. The van der Waals surface area contributed by atoms with E-state index in [1.807, 2.05) is 36.6 Å². The standard InChI is InChI=1S/C21H20ClN3O3S2/c1-14-4-6-15(7-5-14)19-13-29-21(23-19)24-20(26)17-12-16(8-9-18(17)22)30(27,28)25-10-2-3-11-25/h4-9,12-13H,2-3,10-11H2,1H3,(H,23,24,26). The number of nitrogens with zero attached hydrogens (tertiary/aromatic N) is 2. The minimum Gasteiger partial charge on any atom is -0.298 e. The molecule has 0 spiro atoms. The number of rotatable bonds is 5. The first-order valence-electron chi connectivity index (χ1n) is 9.48. The molecule has 2 aromatic carbocycles. The van der Waals surface area contributed by atoms with Gasteiger partial charge in [-0.15, -0.1) is 11.3 Å². The summed E-state index contributed by atoms with van der Waals surface area (Å²) in [6.07, 6.45) is 1.68. The van der Waals surface area contributed by atoms with Crippen LogP contribution in [0.4, 0.5) is 5.13 Å². The van der Waals surface area contributed by atoms with E-state index in [-0.39, 0.29) is 15.5 Å². The van der Waals surface area contributed by atoms with Crippen LogP contribution in [0.15, 0.2) is 52.7 Å². The van der Waals surface area contributed by atoms with Gasteiger partial charge in [-0.05, 0) is 38.0 Å². The van der Waals surface area contributed by atoms with Crippen molar-refractivity contribution < 1.29 is 13.2 Å². The van der Waals surface area contributed by atoms with Gasteiger partial charge in [0.15, 0.2) is 5.13 Å². The summed E-state index contributed by atoms with van der Waals surface area (Å²) < 4.78 is 27.0. The second kappa shape index (κ2) is 8.47. The summed E-state index contributed by atoms with van der Waals surface area (Å²) in [5, 5.41) is 5.18. The molecule has 6 nitrogen and oxygen atoms in total. The van der Waals surface area contributed by atoms with Gasteiger partial charge in [0.2, 0.25) is 10.0 Å². The van der Waals surface area contributed by atoms with E-state index < -0.39 is 15.9 Å². The molecule has 2 heterocycles. The number of hydrogen-bond donors (Lipinski definition) is 1. The van der Waals surface area contributed by atoms with Crippen LogP contribution in [0.1, 0.15) is 28.8 Å². The molecule has 0 aliphatic carbocycles. The first kappa shape index (κ1) is 21.0. The third kappa shape index (κ3) is 4.27. The van der Waals surface area contributed by atoms with Crippen LogP contribution in [-0.4, -0.2) is 36.7 Å². The van der Waals surface area contributed by atoms with Crippen molar-refractivity contribution in [3.8, 4) is 11.3 Å². The first-order valence-corrected chi connectivity index (χ1v) is 12.2. The average Bonchev–Trinajstić information content (AvgIpc) is 3.41. The van der Waals surface area contributed by atoms with Crippen molar-refractivity contribution in [2.75, 3.05) is 18.4 Å². The van der Waals surface area contributed by atoms with Crippen molar-refractivity contribution in [3.63, 3.8) is 0 Å². The third-order valence-electron chi connectivity index (χ3n) is 4.96. The van der Waals surface area contributed by atoms with Crippen LogP contribution in [-0.2, 0) is 10.0 Å². The fourth-order valence-electron chi connectivity index (χ4n) is 3.27. The number of carbonyl (C=O) groups excluding carboxylic acids is 1. The molecule has 0 atom stereocenters. The number of benzene rings is 2. The molecule has 0 radical (unpaired) electrons. The summed E-state index contributed by atoms with van der Waals surface area (Å²) in [5.41, 5.74) is 2.96. The number of nitrogens with one attached hydrogen (secondary N) is 1. The molecule has 3 aromatic rings. The van der Waals surface area contributed by atoms with E-state index in [1.165, 1.54) is 33.8 Å². The Morgan fingerprint density at radius 3 is 2.53 bits per heavy atom. The van der Waals surface area contributed by atoms with E-state index in [9.17, 15) is 13.2 Å². The van der Waals surface area contributed by atoms with Gasteiger partial charge in [-0.3, -0.25) is 10.1 Å². The maximum absolute atomic E-state index is 12.8. The smallest absolute Gasteiger partial charge is 0.259 e. The molecule has 1 aromatic heterocycles. The Morgan fingerprint density at radius 2 is 1.83 bits per heavy atom. The van der Waals surface area contributed by atoms with Crippen LogP contribution >= 0.6 is 22.9 Å². The minimum absolute atomic E-state index is 0.0680. The molecule has 4 rings (SSSR count). The molecule has 1 aliphatic rings. The maximum atomic E-state index is 12.8. The van der Waals surface area contributed by atoms with Crippen molar-refractivity contribution in [2.45, 2.75) is 24.7 Å². The zero-order chi connectivity index (χ0) is 21.3. The van der Waals surface area contributed by atoms with Gasteiger partial charge in [0.05, 0.1) is 21.2 Å². The highest BCUT2D eigenvalue weighted by Crippen LogP contribution is 2.28. The fraction of sp³-hybridized carbons (Fsp3) is 0.238. The second-order valence-electron chi connectivity index (χ2n) is 7.11. The quantitative estimate of drug-likeness (QED) is 0.591. The summed E-state index contributed by atoms with van der Waals surface area (Å²) in [6, 6.07) is 12.2. The Morgan fingerprint density at radius 1 is 1.13 bits per heavy atom. The Labute approximate surface area is 184 Å². The summed E-state index contributed by atoms with van der Waals surface area (Å²) in [4.78, 5) is 17.3. The summed E-state index contributed by atoms with van der Waals surface area (Å²) >= 11 is 7.49. The number of hydrogen-bond acceptors (Lipinski definition) is 5. The summed E-state index contributed by atoms with van der Waals surface area (Å²) in [6.45, 7) is 3.00. The molecule has 1 saturated heterocycles. The van der Waals surface area contributed by atoms with Crippen LogP contribution in [0.5, 0.6) is 0 Å². The lowest BCUT2D eigenvalue weighted by molar-refractivity contribution is 0.102. The van der Waals surface area contributed by atoms with Crippen LogP contribution in [0.3, 0.4) is 0 Å². The van der Waals surface area contributed by atoms with Crippen molar-refractivity contribution in [1.82, 2.24) is 9.29 Å². The van der Waals surface area contributed by atoms with Crippen LogP contribution in [0, 0.1) is 6.92 Å². The van der Waals surface area contributed by atoms with Gasteiger partial charge in [0.25, 0.3) is 5.91 Å². The molecule has 1 amide bonds. The molecule has 9 heteroatoms. The Hall–Kier alpha value is -2.26. The Balaban J connectivity index is 1.56. The Bertz CT molecular complexity index is 1180. The molecule has 0 bridgehead atoms. The van der Waals surface area contributed by atoms with Crippen molar-refractivity contribution in [3.05, 3.63) is 64.0 Å². The predicted molar refractivity (Wildman–Crippen MR) is 120 cm³/mol. The lowest BCUT2D eigenvalue weighted by atomic mass is 10.1. The number of thiazole rings is 1. The Kier molecular flexibility index (Phi) is 5.92. The zero-order valence-corrected chi connectivity index (χ0v) is 18.6. The highest BCUT2D eigenvalue weighted by atomic mass is 35.5. The molecule has 1 aliphatic heterocycles. The predicted octanol–water partition coefficient (Wildman–Crippen LogP) is 4.81. The van der Waals surface area contributed by atoms with Gasteiger partial charge in [-0.1, -0.05) is 41.4 Å². The van der Waals surface area contributed by atoms with Crippen LogP contribution < -0.4 is 5.32 Å². The average molecular weight is 462 g/mol. The third-order valence-corrected chi connectivity index (χ3v) is 7.94. The molecule has 0 saturated carbocycles. The number of aromatic nitrogens is 1.